The van der Waals surface area contributed by atoms with Crippen LogP contribution in [0.4, 0.5) is 5.69 Å². The number of rotatable bonds is 6. The third-order valence-electron chi connectivity index (χ3n) is 2.47. The average molecular weight is 235 g/mol. The van der Waals surface area contributed by atoms with Gasteiger partial charge < -0.3 is 15.5 Å². The minimum Gasteiger partial charge on any atom is -0.376 e. The smallest absolute Gasteiger partial charge is 0.239 e. The molecule has 17 heavy (non-hydrogen) atoms. The number of nitrogens with zero attached hydrogens (tertiary/aromatic N) is 1. The van der Waals surface area contributed by atoms with Crippen molar-refractivity contribution in [3.63, 3.8) is 0 Å². The molecule has 4 nitrogen and oxygen atoms in total. The molecule has 0 atom stereocenters. The number of amides is 1. The number of anilines is 1. The molecule has 0 saturated carbocycles. The van der Waals surface area contributed by atoms with Crippen LogP contribution in [0.15, 0.2) is 24.3 Å². The van der Waals surface area contributed by atoms with Crippen molar-refractivity contribution in [1.29, 1.82) is 0 Å². The van der Waals surface area contributed by atoms with Gasteiger partial charge >= 0.3 is 0 Å². The predicted molar refractivity (Wildman–Crippen MR) is 71.2 cm³/mol. The Balaban J connectivity index is 2.26. The highest BCUT2D eigenvalue weighted by Crippen LogP contribution is 2.12. The summed E-state index contributed by atoms with van der Waals surface area (Å²) < 4.78 is 0. The molecule has 1 rings (SSSR count). The number of para-hydroxylation sites is 1. The summed E-state index contributed by atoms with van der Waals surface area (Å²) in [6, 6.07) is 7.94. The van der Waals surface area contributed by atoms with Crippen LogP contribution in [0.25, 0.3) is 0 Å². The van der Waals surface area contributed by atoms with Crippen LogP contribution >= 0.6 is 0 Å². The summed E-state index contributed by atoms with van der Waals surface area (Å²) in [5.41, 5.74) is 2.16. The summed E-state index contributed by atoms with van der Waals surface area (Å²) in [6.45, 7) is 3.88. The van der Waals surface area contributed by atoms with Gasteiger partial charge in [-0.2, -0.15) is 0 Å². The zero-order chi connectivity index (χ0) is 12.7. The zero-order valence-electron chi connectivity index (χ0n) is 10.8. The molecule has 0 saturated heterocycles. The molecule has 2 N–H and O–H groups in total. The first-order valence-electron chi connectivity index (χ1n) is 5.80. The van der Waals surface area contributed by atoms with Crippen LogP contribution in [0.1, 0.15) is 5.56 Å². The van der Waals surface area contributed by atoms with E-state index in [2.05, 4.69) is 10.6 Å². The lowest BCUT2D eigenvalue weighted by molar-refractivity contribution is -0.119. The number of hydrogen-bond acceptors (Lipinski definition) is 3. The molecule has 0 aromatic heterocycles. The lowest BCUT2D eigenvalue weighted by Gasteiger charge is -2.12. The van der Waals surface area contributed by atoms with Gasteiger partial charge in [-0.05, 0) is 32.6 Å². The first-order valence-corrected chi connectivity index (χ1v) is 5.80. The number of likely N-dealkylation sites (N-methyl/N-ethyl adjacent to an activating group) is 1. The SMILES string of the molecule is Cc1ccccc1NCC(=O)NCCN(C)C. The summed E-state index contributed by atoms with van der Waals surface area (Å²) in [5.74, 6) is 0.0232. The van der Waals surface area contributed by atoms with Crippen LogP contribution in [-0.4, -0.2) is 44.5 Å². The Labute approximate surface area is 103 Å². The molecule has 0 fully saturated rings. The van der Waals surface area contributed by atoms with E-state index in [-0.39, 0.29) is 5.91 Å². The van der Waals surface area contributed by atoms with Gasteiger partial charge in [0.25, 0.3) is 0 Å². The molecule has 0 radical (unpaired) electrons. The molecule has 1 aromatic carbocycles. The molecule has 4 heteroatoms. The highest BCUT2D eigenvalue weighted by Gasteiger charge is 2.01. The van der Waals surface area contributed by atoms with Gasteiger partial charge in [-0.1, -0.05) is 18.2 Å². The van der Waals surface area contributed by atoms with E-state index >= 15 is 0 Å². The fraction of sp³-hybridized carbons (Fsp3) is 0.462. The van der Waals surface area contributed by atoms with E-state index in [4.69, 9.17) is 0 Å². The second-order valence-corrected chi connectivity index (χ2v) is 4.32. The van der Waals surface area contributed by atoms with Crippen molar-refractivity contribution in [2.75, 3.05) is 39.0 Å². The summed E-state index contributed by atoms with van der Waals surface area (Å²) in [7, 11) is 3.97. The van der Waals surface area contributed by atoms with Crippen LogP contribution in [0.2, 0.25) is 0 Å². The first-order chi connectivity index (χ1) is 8.09. The molecule has 0 unspecified atom stereocenters. The Hall–Kier alpha value is -1.55. The molecule has 0 aliphatic carbocycles. The quantitative estimate of drug-likeness (QED) is 0.775. The summed E-state index contributed by atoms with van der Waals surface area (Å²) in [6.07, 6.45) is 0. The molecule has 1 aromatic rings. The van der Waals surface area contributed by atoms with Gasteiger partial charge in [-0.3, -0.25) is 4.79 Å². The molecule has 94 valence electrons. The third-order valence-corrected chi connectivity index (χ3v) is 2.47. The Morgan fingerprint density at radius 2 is 2.00 bits per heavy atom. The number of benzene rings is 1. The highest BCUT2D eigenvalue weighted by molar-refractivity contribution is 5.80. The van der Waals surface area contributed by atoms with Crippen LogP contribution < -0.4 is 10.6 Å². The first kappa shape index (κ1) is 13.5. The van der Waals surface area contributed by atoms with Gasteiger partial charge in [0.15, 0.2) is 0 Å². The Bertz CT molecular complexity index is 363. The number of carbonyl (C=O) groups excluding carboxylic acids is 1. The topological polar surface area (TPSA) is 44.4 Å². The van der Waals surface area contributed by atoms with Crippen molar-refractivity contribution in [1.82, 2.24) is 10.2 Å². The second kappa shape index (κ2) is 6.91. The molecular weight excluding hydrogens is 214 g/mol. The van der Waals surface area contributed by atoms with Crippen molar-refractivity contribution in [3.05, 3.63) is 29.8 Å². The normalized spacial score (nSPS) is 10.4. The van der Waals surface area contributed by atoms with Gasteiger partial charge in [0, 0.05) is 18.8 Å². The van der Waals surface area contributed by atoms with E-state index in [0.29, 0.717) is 13.1 Å². The largest absolute Gasteiger partial charge is 0.376 e. The Kier molecular flexibility index (Phi) is 5.49. The lowest BCUT2D eigenvalue weighted by Crippen LogP contribution is -2.35. The molecule has 0 spiro atoms. The maximum absolute atomic E-state index is 11.5. The third kappa shape index (κ3) is 5.36. The average Bonchev–Trinajstić information content (AvgIpc) is 2.27. The number of aryl methyl sites for hydroxylation is 1. The number of hydrogen-bond donors (Lipinski definition) is 2. The van der Waals surface area contributed by atoms with Crippen LogP contribution in [0.3, 0.4) is 0 Å². The molecule has 0 aliphatic heterocycles. The minimum atomic E-state index is 0.0232. The molecule has 1 amide bonds. The fourth-order valence-corrected chi connectivity index (χ4v) is 1.43. The lowest BCUT2D eigenvalue weighted by atomic mass is 10.2. The van der Waals surface area contributed by atoms with Crippen molar-refractivity contribution in [2.45, 2.75) is 6.92 Å². The van der Waals surface area contributed by atoms with Crippen molar-refractivity contribution in [3.8, 4) is 0 Å². The van der Waals surface area contributed by atoms with Gasteiger partial charge in [-0.25, -0.2) is 0 Å². The molecule has 0 heterocycles. The summed E-state index contributed by atoms with van der Waals surface area (Å²) in [5, 5.41) is 5.99. The fourth-order valence-electron chi connectivity index (χ4n) is 1.43. The Morgan fingerprint density at radius 1 is 1.29 bits per heavy atom. The van der Waals surface area contributed by atoms with Crippen molar-refractivity contribution >= 4 is 11.6 Å². The number of nitrogens with one attached hydrogen (secondary N) is 2. The van der Waals surface area contributed by atoms with Gasteiger partial charge in [0.05, 0.1) is 6.54 Å². The second-order valence-electron chi connectivity index (χ2n) is 4.32. The number of carbonyl (C=O) groups is 1. The maximum Gasteiger partial charge on any atom is 0.239 e. The van der Waals surface area contributed by atoms with Crippen molar-refractivity contribution in [2.24, 2.45) is 0 Å². The summed E-state index contributed by atoms with van der Waals surface area (Å²) >= 11 is 0. The van der Waals surface area contributed by atoms with E-state index in [1.807, 2.05) is 50.2 Å². The monoisotopic (exact) mass is 235 g/mol. The van der Waals surface area contributed by atoms with E-state index < -0.39 is 0 Å². The zero-order valence-corrected chi connectivity index (χ0v) is 10.8. The molecule has 0 aliphatic rings. The van der Waals surface area contributed by atoms with E-state index in [1.54, 1.807) is 0 Å². The predicted octanol–water partition coefficient (Wildman–Crippen LogP) is 1.08. The standard InChI is InChI=1S/C13H21N3O/c1-11-6-4-5-7-12(11)15-10-13(17)14-8-9-16(2)3/h4-7,15H,8-10H2,1-3H3,(H,14,17). The molecular formula is C13H21N3O. The van der Waals surface area contributed by atoms with Gasteiger partial charge in [0.1, 0.15) is 0 Å². The van der Waals surface area contributed by atoms with Gasteiger partial charge in [0.2, 0.25) is 5.91 Å². The minimum absolute atomic E-state index is 0.0232. The van der Waals surface area contributed by atoms with E-state index in [1.165, 1.54) is 0 Å². The molecule has 0 bridgehead atoms. The highest BCUT2D eigenvalue weighted by atomic mass is 16.1. The van der Waals surface area contributed by atoms with E-state index in [9.17, 15) is 4.79 Å². The Morgan fingerprint density at radius 3 is 2.65 bits per heavy atom. The van der Waals surface area contributed by atoms with Crippen molar-refractivity contribution < 1.29 is 4.79 Å². The van der Waals surface area contributed by atoms with Gasteiger partial charge in [-0.15, -0.1) is 0 Å². The van der Waals surface area contributed by atoms with Crippen LogP contribution in [-0.2, 0) is 4.79 Å². The van der Waals surface area contributed by atoms with Crippen LogP contribution in [0.5, 0.6) is 0 Å². The summed E-state index contributed by atoms with van der Waals surface area (Å²) in [4.78, 5) is 13.6. The van der Waals surface area contributed by atoms with E-state index in [0.717, 1.165) is 17.8 Å². The van der Waals surface area contributed by atoms with Crippen LogP contribution in [0, 0.1) is 6.92 Å². The maximum atomic E-state index is 11.5.